The fourth-order valence-electron chi connectivity index (χ4n) is 3.27. The zero-order valence-electron chi connectivity index (χ0n) is 16.7. The lowest BCUT2D eigenvalue weighted by molar-refractivity contribution is 0.0954. The number of nitrogens with zero attached hydrogens (tertiary/aromatic N) is 1. The summed E-state index contributed by atoms with van der Waals surface area (Å²) in [5.41, 5.74) is 4.71. The molecule has 0 spiro atoms. The molecule has 0 bridgehead atoms. The molecule has 0 saturated carbocycles. The van der Waals surface area contributed by atoms with Crippen LogP contribution in [0.2, 0.25) is 0 Å². The van der Waals surface area contributed by atoms with Crippen molar-refractivity contribution in [2.75, 3.05) is 6.54 Å². The summed E-state index contributed by atoms with van der Waals surface area (Å²) in [6.45, 7) is 0.529. The zero-order chi connectivity index (χ0) is 21.6. The van der Waals surface area contributed by atoms with E-state index in [4.69, 9.17) is 0 Å². The van der Waals surface area contributed by atoms with Crippen molar-refractivity contribution in [3.8, 4) is 17.0 Å². The maximum absolute atomic E-state index is 12.1. The Kier molecular flexibility index (Phi) is 6.24. The van der Waals surface area contributed by atoms with Gasteiger partial charge in [0.1, 0.15) is 0 Å². The molecule has 0 aliphatic rings. The number of aromatic amines is 1. The zero-order valence-corrected chi connectivity index (χ0v) is 17.5. The van der Waals surface area contributed by atoms with Gasteiger partial charge in [0.2, 0.25) is 5.88 Å². The third-order valence-corrected chi connectivity index (χ3v) is 5.75. The van der Waals surface area contributed by atoms with E-state index in [1.54, 1.807) is 12.1 Å². The van der Waals surface area contributed by atoms with Gasteiger partial charge in [-0.15, -0.1) is 0 Å². The highest BCUT2D eigenvalue weighted by molar-refractivity contribution is 7.09. The standard InChI is InChI=1S/C24H21N3O3S/c28-22(19-4-2-1-3-5-19)26-11-10-17-12-20(15-25-14-17)18-8-6-16(7-9-18)13-21-23(29)27-24(30)31-21/h1-9,12,14-15,29H,10-11,13H2,(H,26,28)(H,27,30). The molecule has 2 aromatic heterocycles. The van der Waals surface area contributed by atoms with Crippen molar-refractivity contribution in [2.24, 2.45) is 0 Å². The lowest BCUT2D eigenvalue weighted by Crippen LogP contribution is -2.25. The average Bonchev–Trinajstić information content (AvgIpc) is 3.11. The molecule has 3 N–H and O–H groups in total. The molecule has 4 aromatic rings. The van der Waals surface area contributed by atoms with Gasteiger partial charge in [0.05, 0.1) is 4.88 Å². The van der Waals surface area contributed by atoms with E-state index in [0.717, 1.165) is 33.6 Å². The third-order valence-electron chi connectivity index (χ3n) is 4.88. The predicted molar refractivity (Wildman–Crippen MR) is 122 cm³/mol. The molecular weight excluding hydrogens is 410 g/mol. The molecule has 2 aromatic carbocycles. The second kappa shape index (κ2) is 9.40. The molecule has 0 saturated heterocycles. The minimum absolute atomic E-state index is 0.0599. The summed E-state index contributed by atoms with van der Waals surface area (Å²) in [6.07, 6.45) is 4.80. The van der Waals surface area contributed by atoms with Crippen LogP contribution in [0.15, 0.2) is 77.9 Å². The maximum atomic E-state index is 12.1. The molecule has 0 radical (unpaired) electrons. The number of pyridine rings is 1. The summed E-state index contributed by atoms with van der Waals surface area (Å²) in [6, 6.07) is 19.2. The number of hydrogen-bond acceptors (Lipinski definition) is 5. The Morgan fingerprint density at radius 2 is 1.77 bits per heavy atom. The molecule has 0 aliphatic carbocycles. The third kappa shape index (κ3) is 5.26. The van der Waals surface area contributed by atoms with Gasteiger partial charge in [-0.05, 0) is 41.3 Å². The molecule has 1 amide bonds. The van der Waals surface area contributed by atoms with E-state index in [2.05, 4.69) is 21.4 Å². The van der Waals surface area contributed by atoms with Crippen molar-refractivity contribution < 1.29 is 9.90 Å². The lowest BCUT2D eigenvalue weighted by Gasteiger charge is -2.08. The number of hydrogen-bond donors (Lipinski definition) is 3. The first-order valence-corrected chi connectivity index (χ1v) is 10.7. The molecule has 0 atom stereocenters. The summed E-state index contributed by atoms with van der Waals surface area (Å²) in [5, 5.41) is 12.7. The topological polar surface area (TPSA) is 95.1 Å². The van der Waals surface area contributed by atoms with Gasteiger partial charge in [0, 0.05) is 36.5 Å². The molecule has 0 fully saturated rings. The SMILES string of the molecule is O=C(NCCc1cncc(-c2ccc(Cc3sc(=O)[nH]c3O)cc2)c1)c1ccccc1. The Balaban J connectivity index is 1.38. The van der Waals surface area contributed by atoms with E-state index in [-0.39, 0.29) is 16.7 Å². The molecule has 4 rings (SSSR count). The van der Waals surface area contributed by atoms with Crippen LogP contribution < -0.4 is 10.2 Å². The van der Waals surface area contributed by atoms with E-state index < -0.39 is 0 Å². The second-order valence-corrected chi connectivity index (χ2v) is 8.18. The van der Waals surface area contributed by atoms with Crippen molar-refractivity contribution in [1.29, 1.82) is 0 Å². The first-order valence-electron chi connectivity index (χ1n) is 9.86. The number of thiazole rings is 1. The van der Waals surface area contributed by atoms with Crippen LogP contribution in [0, 0.1) is 0 Å². The monoisotopic (exact) mass is 431 g/mol. The smallest absolute Gasteiger partial charge is 0.307 e. The van der Waals surface area contributed by atoms with Gasteiger partial charge in [-0.25, -0.2) is 0 Å². The Labute approximate surface area is 183 Å². The highest BCUT2D eigenvalue weighted by Crippen LogP contribution is 2.24. The highest BCUT2D eigenvalue weighted by atomic mass is 32.1. The van der Waals surface area contributed by atoms with Crippen molar-refractivity contribution in [2.45, 2.75) is 12.8 Å². The number of nitrogens with one attached hydrogen (secondary N) is 2. The fourth-order valence-corrected chi connectivity index (χ4v) is 4.02. The largest absolute Gasteiger partial charge is 0.494 e. The Morgan fingerprint density at radius 3 is 2.48 bits per heavy atom. The van der Waals surface area contributed by atoms with Crippen molar-refractivity contribution in [1.82, 2.24) is 15.3 Å². The van der Waals surface area contributed by atoms with E-state index in [1.807, 2.05) is 54.9 Å². The van der Waals surface area contributed by atoms with Crippen LogP contribution in [0.4, 0.5) is 0 Å². The van der Waals surface area contributed by atoms with Crippen LogP contribution in [0.25, 0.3) is 11.1 Å². The van der Waals surface area contributed by atoms with Crippen LogP contribution in [0.5, 0.6) is 5.88 Å². The lowest BCUT2D eigenvalue weighted by atomic mass is 10.0. The molecule has 156 valence electrons. The maximum Gasteiger partial charge on any atom is 0.307 e. The van der Waals surface area contributed by atoms with E-state index in [9.17, 15) is 14.7 Å². The van der Waals surface area contributed by atoms with E-state index >= 15 is 0 Å². The van der Waals surface area contributed by atoms with Gasteiger partial charge in [-0.2, -0.15) is 0 Å². The second-order valence-electron chi connectivity index (χ2n) is 7.11. The van der Waals surface area contributed by atoms with Gasteiger partial charge in [-0.1, -0.05) is 53.8 Å². The molecular formula is C24H21N3O3S. The predicted octanol–water partition coefficient (Wildman–Crippen LogP) is 3.77. The van der Waals surface area contributed by atoms with Gasteiger partial charge < -0.3 is 10.4 Å². The summed E-state index contributed by atoms with van der Waals surface area (Å²) < 4.78 is 0. The number of aromatic nitrogens is 2. The molecule has 31 heavy (non-hydrogen) atoms. The number of H-pyrrole nitrogens is 1. The van der Waals surface area contributed by atoms with Crippen LogP contribution in [0.3, 0.4) is 0 Å². The number of benzene rings is 2. The first-order chi connectivity index (χ1) is 15.1. The van der Waals surface area contributed by atoms with Gasteiger partial charge in [0.15, 0.2) is 0 Å². The molecule has 7 heteroatoms. The number of amides is 1. The Bertz CT molecular complexity index is 1230. The van der Waals surface area contributed by atoms with Crippen LogP contribution >= 0.6 is 11.3 Å². The van der Waals surface area contributed by atoms with Crippen LogP contribution in [-0.4, -0.2) is 27.5 Å². The summed E-state index contributed by atoms with van der Waals surface area (Å²) in [5.74, 6) is -0.144. The van der Waals surface area contributed by atoms with Crippen LogP contribution in [-0.2, 0) is 12.8 Å². The van der Waals surface area contributed by atoms with Gasteiger partial charge in [-0.3, -0.25) is 19.6 Å². The van der Waals surface area contributed by atoms with Gasteiger partial charge >= 0.3 is 4.87 Å². The van der Waals surface area contributed by atoms with Crippen molar-refractivity contribution in [3.05, 3.63) is 104 Å². The average molecular weight is 432 g/mol. The van der Waals surface area contributed by atoms with E-state index in [1.165, 1.54) is 0 Å². The Hall–Kier alpha value is -3.71. The fraction of sp³-hybridized carbons (Fsp3) is 0.125. The van der Waals surface area contributed by atoms with Crippen molar-refractivity contribution >= 4 is 17.2 Å². The molecule has 2 heterocycles. The number of carbonyl (C=O) groups excluding carboxylic acids is 1. The molecule has 0 unspecified atom stereocenters. The molecule has 0 aliphatic heterocycles. The summed E-state index contributed by atoms with van der Waals surface area (Å²) in [7, 11) is 0. The number of aromatic hydroxyl groups is 1. The summed E-state index contributed by atoms with van der Waals surface area (Å²) in [4.78, 5) is 30.6. The first kappa shape index (κ1) is 20.6. The van der Waals surface area contributed by atoms with E-state index in [0.29, 0.717) is 29.8 Å². The van der Waals surface area contributed by atoms with Crippen LogP contribution in [0.1, 0.15) is 26.4 Å². The summed E-state index contributed by atoms with van der Waals surface area (Å²) >= 11 is 1.02. The minimum Gasteiger partial charge on any atom is -0.494 e. The minimum atomic E-state index is -0.257. The highest BCUT2D eigenvalue weighted by Gasteiger charge is 2.08. The van der Waals surface area contributed by atoms with Gasteiger partial charge in [0.25, 0.3) is 5.91 Å². The number of carbonyl (C=O) groups is 1. The number of rotatable bonds is 7. The normalized spacial score (nSPS) is 10.7. The molecule has 6 nitrogen and oxygen atoms in total. The Morgan fingerprint density at radius 1 is 1.00 bits per heavy atom. The van der Waals surface area contributed by atoms with Crippen molar-refractivity contribution in [3.63, 3.8) is 0 Å². The quantitative estimate of drug-likeness (QED) is 0.415.